The summed E-state index contributed by atoms with van der Waals surface area (Å²) in [6.07, 6.45) is -5.97. The fourth-order valence-corrected chi connectivity index (χ4v) is 3.80. The molecule has 8 atom stereocenters. The van der Waals surface area contributed by atoms with Crippen molar-refractivity contribution in [3.63, 3.8) is 0 Å². The molecule has 27 heavy (non-hydrogen) atoms. The summed E-state index contributed by atoms with van der Waals surface area (Å²) < 4.78 is 17.8. The van der Waals surface area contributed by atoms with Gasteiger partial charge in [-0.15, -0.1) is 0 Å². The third-order valence-electron chi connectivity index (χ3n) is 5.22. The molecule has 1 aromatic heterocycles. The first kappa shape index (κ1) is 20.1. The summed E-state index contributed by atoms with van der Waals surface area (Å²) in [4.78, 5) is 26.1. The van der Waals surface area contributed by atoms with E-state index in [9.17, 15) is 30.0 Å². The zero-order chi connectivity index (χ0) is 19.9. The number of nitrogens with zero attached hydrogens (tertiary/aromatic N) is 1. The number of aliphatic hydroxyl groups is 4. The molecule has 0 radical (unpaired) electrons. The topological polar surface area (TPSA) is 163 Å². The van der Waals surface area contributed by atoms with Crippen LogP contribution < -0.4 is 11.2 Å². The van der Waals surface area contributed by atoms with Gasteiger partial charge in [0.05, 0.1) is 31.3 Å². The molecule has 0 bridgehead atoms. The van der Waals surface area contributed by atoms with Crippen LogP contribution in [0.2, 0.25) is 0 Å². The SMILES string of the molecule is CO[C@H]1[C@H](O)[C@@H](CO)O[C@H]1C1[C@H](n2cc(C)c(=O)[nH]c2=O)O[C@H](CO)[C@H]1O. The third-order valence-corrected chi connectivity index (χ3v) is 5.22. The molecular formula is C16H24N2O9. The molecule has 11 nitrogen and oxygen atoms in total. The van der Waals surface area contributed by atoms with Gasteiger partial charge in [0, 0.05) is 18.9 Å². The van der Waals surface area contributed by atoms with Gasteiger partial charge in [-0.1, -0.05) is 0 Å². The van der Waals surface area contributed by atoms with Gasteiger partial charge < -0.3 is 34.6 Å². The van der Waals surface area contributed by atoms with E-state index in [2.05, 4.69) is 4.98 Å². The number of ether oxygens (including phenoxy) is 3. The molecule has 3 heterocycles. The minimum absolute atomic E-state index is 0.253. The van der Waals surface area contributed by atoms with Crippen LogP contribution in [0.1, 0.15) is 11.8 Å². The van der Waals surface area contributed by atoms with Crippen molar-refractivity contribution in [2.45, 2.75) is 49.8 Å². The number of hydrogen-bond acceptors (Lipinski definition) is 9. The molecule has 1 unspecified atom stereocenters. The van der Waals surface area contributed by atoms with E-state index in [4.69, 9.17) is 14.2 Å². The van der Waals surface area contributed by atoms with E-state index >= 15 is 0 Å². The molecule has 0 aliphatic carbocycles. The Kier molecular flexibility index (Phi) is 5.82. The molecule has 0 aromatic carbocycles. The highest BCUT2D eigenvalue weighted by molar-refractivity contribution is 5.06. The number of aliphatic hydroxyl groups excluding tert-OH is 4. The number of methoxy groups -OCH3 is 1. The standard InChI is InChI=1S/C16H24N2O9/c1-6-3-18(16(24)17-14(6)23)15-9(10(21)7(4-19)27-15)12-13(25-2)11(22)8(5-20)26-12/h3,7-13,15,19-22H,4-5H2,1-2H3,(H,17,23,24)/t7-,8-,9?,10-,11-,12+,13+,15-/m1/s1. The van der Waals surface area contributed by atoms with Crippen LogP contribution in [0.3, 0.4) is 0 Å². The fraction of sp³-hybridized carbons (Fsp3) is 0.750. The molecule has 5 N–H and O–H groups in total. The lowest BCUT2D eigenvalue weighted by Gasteiger charge is -2.30. The number of aromatic amines is 1. The Bertz CT molecular complexity index is 778. The van der Waals surface area contributed by atoms with E-state index in [1.807, 2.05) is 0 Å². The number of hydrogen-bond donors (Lipinski definition) is 5. The predicted molar refractivity (Wildman–Crippen MR) is 89.1 cm³/mol. The monoisotopic (exact) mass is 388 g/mol. The quantitative estimate of drug-likeness (QED) is 0.350. The third kappa shape index (κ3) is 3.36. The lowest BCUT2D eigenvalue weighted by atomic mass is 9.89. The molecule has 0 spiro atoms. The first-order valence-electron chi connectivity index (χ1n) is 8.57. The van der Waals surface area contributed by atoms with E-state index in [-0.39, 0.29) is 5.56 Å². The maximum absolute atomic E-state index is 12.3. The van der Waals surface area contributed by atoms with Crippen LogP contribution in [0.4, 0.5) is 0 Å². The van der Waals surface area contributed by atoms with Crippen LogP contribution in [0.25, 0.3) is 0 Å². The second kappa shape index (κ2) is 7.80. The molecule has 3 rings (SSSR count). The molecule has 1 aromatic rings. The van der Waals surface area contributed by atoms with Gasteiger partial charge in [0.25, 0.3) is 5.56 Å². The number of H-pyrrole nitrogens is 1. The van der Waals surface area contributed by atoms with Gasteiger partial charge in [0.1, 0.15) is 30.6 Å². The Labute approximate surface area is 153 Å². The van der Waals surface area contributed by atoms with Crippen molar-refractivity contribution in [2.75, 3.05) is 20.3 Å². The average Bonchev–Trinajstić information content (AvgIpc) is 3.13. The molecule has 152 valence electrons. The first-order chi connectivity index (χ1) is 12.8. The predicted octanol–water partition coefficient (Wildman–Crippen LogP) is -3.15. The smallest absolute Gasteiger partial charge is 0.330 e. The van der Waals surface area contributed by atoms with Crippen molar-refractivity contribution in [1.29, 1.82) is 0 Å². The Balaban J connectivity index is 2.04. The van der Waals surface area contributed by atoms with Gasteiger partial charge in [-0.05, 0) is 6.92 Å². The van der Waals surface area contributed by atoms with Crippen molar-refractivity contribution >= 4 is 0 Å². The fourth-order valence-electron chi connectivity index (χ4n) is 3.80. The summed E-state index contributed by atoms with van der Waals surface area (Å²) in [6.45, 7) is 0.531. The molecule has 2 aliphatic rings. The summed E-state index contributed by atoms with van der Waals surface area (Å²) >= 11 is 0. The van der Waals surface area contributed by atoms with Crippen LogP contribution in [-0.4, -0.2) is 86.9 Å². The second-order valence-corrected chi connectivity index (χ2v) is 6.81. The Morgan fingerprint density at radius 2 is 1.78 bits per heavy atom. The first-order valence-corrected chi connectivity index (χ1v) is 8.57. The Morgan fingerprint density at radius 1 is 1.15 bits per heavy atom. The van der Waals surface area contributed by atoms with Gasteiger partial charge in [0.2, 0.25) is 0 Å². The van der Waals surface area contributed by atoms with Gasteiger partial charge in [0.15, 0.2) is 0 Å². The lowest BCUT2D eigenvalue weighted by molar-refractivity contribution is -0.0963. The van der Waals surface area contributed by atoms with Crippen molar-refractivity contribution < 1.29 is 34.6 Å². The number of nitrogens with one attached hydrogen (secondary N) is 1. The molecular weight excluding hydrogens is 364 g/mol. The zero-order valence-corrected chi connectivity index (χ0v) is 14.9. The Hall–Kier alpha value is -1.60. The largest absolute Gasteiger partial charge is 0.394 e. The van der Waals surface area contributed by atoms with Crippen LogP contribution in [0, 0.1) is 12.8 Å². The summed E-state index contributed by atoms with van der Waals surface area (Å²) in [5, 5.41) is 39.9. The van der Waals surface area contributed by atoms with Crippen LogP contribution in [-0.2, 0) is 14.2 Å². The molecule has 2 fully saturated rings. The average molecular weight is 388 g/mol. The van der Waals surface area contributed by atoms with E-state index in [1.54, 1.807) is 0 Å². The summed E-state index contributed by atoms with van der Waals surface area (Å²) in [6, 6.07) is 0. The van der Waals surface area contributed by atoms with E-state index < -0.39 is 73.2 Å². The van der Waals surface area contributed by atoms with E-state index in [0.717, 1.165) is 4.57 Å². The highest BCUT2D eigenvalue weighted by atomic mass is 16.6. The highest BCUT2D eigenvalue weighted by Gasteiger charge is 2.56. The van der Waals surface area contributed by atoms with Crippen molar-refractivity contribution in [1.82, 2.24) is 9.55 Å². The zero-order valence-electron chi connectivity index (χ0n) is 14.9. The minimum atomic E-state index is -1.24. The number of aryl methyl sites for hydroxylation is 1. The summed E-state index contributed by atoms with van der Waals surface area (Å²) in [5.41, 5.74) is -1.05. The maximum Gasteiger partial charge on any atom is 0.330 e. The highest BCUT2D eigenvalue weighted by Crippen LogP contribution is 2.42. The molecule has 2 saturated heterocycles. The van der Waals surface area contributed by atoms with Gasteiger partial charge in [-0.2, -0.15) is 0 Å². The van der Waals surface area contributed by atoms with E-state index in [0.29, 0.717) is 0 Å². The molecule has 0 saturated carbocycles. The van der Waals surface area contributed by atoms with Gasteiger partial charge >= 0.3 is 5.69 Å². The molecule has 11 heteroatoms. The molecule has 0 amide bonds. The van der Waals surface area contributed by atoms with Gasteiger partial charge in [-0.25, -0.2) is 4.79 Å². The Morgan fingerprint density at radius 3 is 2.37 bits per heavy atom. The normalized spacial score (nSPS) is 39.2. The maximum atomic E-state index is 12.3. The van der Waals surface area contributed by atoms with Crippen molar-refractivity contribution in [3.05, 3.63) is 32.6 Å². The van der Waals surface area contributed by atoms with Crippen molar-refractivity contribution in [3.8, 4) is 0 Å². The van der Waals surface area contributed by atoms with Crippen molar-refractivity contribution in [2.24, 2.45) is 5.92 Å². The summed E-state index contributed by atoms with van der Waals surface area (Å²) in [5.74, 6) is -0.915. The second-order valence-electron chi connectivity index (χ2n) is 6.81. The number of aromatic nitrogens is 2. The molecule has 2 aliphatic heterocycles. The number of rotatable bonds is 5. The van der Waals surface area contributed by atoms with E-state index in [1.165, 1.54) is 20.2 Å². The minimum Gasteiger partial charge on any atom is -0.394 e. The van der Waals surface area contributed by atoms with Crippen LogP contribution >= 0.6 is 0 Å². The van der Waals surface area contributed by atoms with Crippen LogP contribution in [0.5, 0.6) is 0 Å². The lowest BCUT2D eigenvalue weighted by Crippen LogP contribution is -2.46. The van der Waals surface area contributed by atoms with Gasteiger partial charge in [-0.3, -0.25) is 14.3 Å². The summed E-state index contributed by atoms with van der Waals surface area (Å²) in [7, 11) is 1.35. The van der Waals surface area contributed by atoms with Crippen LogP contribution in [0.15, 0.2) is 15.8 Å².